The Hall–Kier alpha value is -6.47. The molecule has 9 atom stereocenters. The van der Waals surface area contributed by atoms with Crippen molar-refractivity contribution in [1.82, 2.24) is 47.1 Å². The van der Waals surface area contributed by atoms with Crippen molar-refractivity contribution >= 4 is 80.6 Å². The molecule has 0 spiro atoms. The molecule has 14 N–H and O–H groups in total. The number of carbonyl (C=O) groups is 9. The fourth-order valence-corrected chi connectivity index (χ4v) is 8.80. The van der Waals surface area contributed by atoms with E-state index < -0.39 is 169 Å². The molecule has 9 amide bonds. The Morgan fingerprint density at radius 1 is 0.862 bits per heavy atom. The Labute approximate surface area is 375 Å². The number of aromatic amines is 1. The second-order valence-corrected chi connectivity index (χ2v) is 17.3. The number of primary amides is 1. The van der Waals surface area contributed by atoms with Crippen LogP contribution < -0.4 is 43.0 Å². The fourth-order valence-electron chi connectivity index (χ4n) is 7.34. The summed E-state index contributed by atoms with van der Waals surface area (Å²) >= 11 is 0. The summed E-state index contributed by atoms with van der Waals surface area (Å²) in [7, 11) is -2.12. The number of hydrogen-bond acceptors (Lipinski definition) is 14. The Balaban J connectivity index is 1.75. The summed E-state index contributed by atoms with van der Waals surface area (Å²) in [5.74, 6) is -11.3. The third kappa shape index (κ3) is 13.3. The lowest BCUT2D eigenvalue weighted by Crippen LogP contribution is -2.60. The molecule has 2 saturated heterocycles. The molecule has 2 aromatic rings. The van der Waals surface area contributed by atoms with E-state index in [1.807, 2.05) is 0 Å². The number of aliphatic hydroxyl groups is 2. The van der Waals surface area contributed by atoms with Crippen LogP contribution in [0.1, 0.15) is 52.5 Å². The van der Waals surface area contributed by atoms with E-state index in [4.69, 9.17) is 11.1 Å². The SMILES string of the molecule is CCc1c(S(=O)C[C@H]2NC(=O)CNC(=O)[C@H]([C@H](C)CC)NC(=O)CNC(=O)CNC(=O)C([C@H](C)C(=N)CO)NC(=O)[C@@H]3C[C@@H](O)CN3C(=O)[C@H](CC(N)=O)NC2=O)[nH]c2cc(O)ccc12. The fraction of sp³-hybridized carbons (Fsp3) is 0.550. The van der Waals surface area contributed by atoms with Crippen LogP contribution in [0.4, 0.5) is 0 Å². The van der Waals surface area contributed by atoms with Crippen LogP contribution in [-0.2, 0) is 60.4 Å². The number of aliphatic hydroxyl groups excluding tert-OH is 2. The number of phenolic OH excluding ortho intramolecular Hbond substituents is 1. The van der Waals surface area contributed by atoms with Crippen LogP contribution in [0, 0.1) is 17.2 Å². The smallest absolute Gasteiger partial charge is 0.246 e. The summed E-state index contributed by atoms with van der Waals surface area (Å²) in [5, 5.41) is 56.0. The molecule has 24 nitrogen and oxygen atoms in total. The first-order valence-corrected chi connectivity index (χ1v) is 22.2. The molecule has 4 rings (SSSR count). The Kier molecular flexibility index (Phi) is 18.1. The predicted molar refractivity (Wildman–Crippen MR) is 231 cm³/mol. The van der Waals surface area contributed by atoms with Gasteiger partial charge in [-0.15, -0.1) is 0 Å². The van der Waals surface area contributed by atoms with Gasteiger partial charge in [0.2, 0.25) is 53.2 Å². The zero-order chi connectivity index (χ0) is 48.3. The summed E-state index contributed by atoms with van der Waals surface area (Å²) < 4.78 is 14.1. The van der Waals surface area contributed by atoms with E-state index in [1.165, 1.54) is 19.1 Å². The Morgan fingerprint density at radius 3 is 2.12 bits per heavy atom. The van der Waals surface area contributed by atoms with Crippen molar-refractivity contribution in [1.29, 1.82) is 5.41 Å². The number of H-pyrrole nitrogens is 1. The van der Waals surface area contributed by atoms with E-state index in [0.29, 0.717) is 29.3 Å². The summed E-state index contributed by atoms with van der Waals surface area (Å²) in [6.45, 7) is 2.98. The van der Waals surface area contributed by atoms with Crippen LogP contribution in [-0.4, -0.2) is 163 Å². The number of nitrogens with zero attached hydrogens (tertiary/aromatic N) is 1. The predicted octanol–water partition coefficient (Wildman–Crippen LogP) is -4.62. The molecule has 1 aromatic carbocycles. The molecule has 3 heterocycles. The lowest BCUT2D eigenvalue weighted by molar-refractivity contribution is -0.143. The highest BCUT2D eigenvalue weighted by atomic mass is 32.2. The topological polar surface area (TPSA) is 384 Å². The summed E-state index contributed by atoms with van der Waals surface area (Å²) in [6, 6.07) is -3.58. The summed E-state index contributed by atoms with van der Waals surface area (Å²) in [6.07, 6.45) is -1.88. The normalized spacial score (nSPS) is 25.0. The number of aryl methyl sites for hydroxylation is 1. The molecule has 0 bridgehead atoms. The van der Waals surface area contributed by atoms with E-state index in [1.54, 1.807) is 26.8 Å². The van der Waals surface area contributed by atoms with Gasteiger partial charge >= 0.3 is 0 Å². The number of aromatic hydroxyl groups is 1. The Morgan fingerprint density at radius 2 is 1.49 bits per heavy atom. The summed E-state index contributed by atoms with van der Waals surface area (Å²) in [5.41, 5.74) is 6.08. The number of carbonyl (C=O) groups excluding carboxylic acids is 9. The second kappa shape index (κ2) is 22.9. The zero-order valence-electron chi connectivity index (χ0n) is 36.3. The van der Waals surface area contributed by atoms with Gasteiger partial charge in [0.25, 0.3) is 0 Å². The molecule has 2 aliphatic heterocycles. The summed E-state index contributed by atoms with van der Waals surface area (Å²) in [4.78, 5) is 125. The first-order valence-electron chi connectivity index (χ1n) is 20.9. The molecular weight excluding hydrogens is 875 g/mol. The van der Waals surface area contributed by atoms with Gasteiger partial charge in [0.05, 0.1) is 60.8 Å². The van der Waals surface area contributed by atoms with Crippen LogP contribution in [0.2, 0.25) is 0 Å². The average Bonchev–Trinajstić information content (AvgIpc) is 3.85. The number of rotatable bonds is 11. The van der Waals surface area contributed by atoms with Gasteiger partial charge in [-0.25, -0.2) is 0 Å². The minimum absolute atomic E-state index is 0.0844. The quantitative estimate of drug-likeness (QED) is 0.0945. The van der Waals surface area contributed by atoms with Crippen LogP contribution in [0.15, 0.2) is 23.2 Å². The highest BCUT2D eigenvalue weighted by Gasteiger charge is 2.44. The molecule has 356 valence electrons. The van der Waals surface area contributed by atoms with Gasteiger partial charge in [0.1, 0.15) is 41.0 Å². The molecular formula is C40H57N11O13S. The number of hydrogen-bond donors (Lipinski definition) is 13. The van der Waals surface area contributed by atoms with Crippen molar-refractivity contribution in [3.8, 4) is 5.75 Å². The Bertz CT molecular complexity index is 2220. The van der Waals surface area contributed by atoms with Gasteiger partial charge in [-0.3, -0.25) is 47.4 Å². The highest BCUT2D eigenvalue weighted by Crippen LogP contribution is 2.29. The van der Waals surface area contributed by atoms with Crippen LogP contribution >= 0.6 is 0 Å². The van der Waals surface area contributed by atoms with Crippen LogP contribution in [0.3, 0.4) is 0 Å². The highest BCUT2D eigenvalue weighted by molar-refractivity contribution is 7.85. The largest absolute Gasteiger partial charge is 0.508 e. The number of phenols is 1. The molecule has 0 aliphatic carbocycles. The zero-order valence-corrected chi connectivity index (χ0v) is 37.1. The number of amides is 9. The van der Waals surface area contributed by atoms with Crippen molar-refractivity contribution in [2.24, 2.45) is 17.6 Å². The first-order chi connectivity index (χ1) is 30.7. The lowest BCUT2D eigenvalue weighted by atomic mass is 9.95. The molecule has 2 aliphatic rings. The molecule has 0 radical (unpaired) electrons. The van der Waals surface area contributed by atoms with Gasteiger partial charge in [-0.1, -0.05) is 34.1 Å². The second-order valence-electron chi connectivity index (χ2n) is 15.9. The van der Waals surface area contributed by atoms with Gasteiger partial charge in [0.15, 0.2) is 0 Å². The third-order valence-corrected chi connectivity index (χ3v) is 12.6. The number of nitrogens with one attached hydrogen (secondary N) is 9. The van der Waals surface area contributed by atoms with Gasteiger partial charge in [-0.2, -0.15) is 0 Å². The monoisotopic (exact) mass is 931 g/mol. The third-order valence-electron chi connectivity index (χ3n) is 11.2. The van der Waals surface area contributed by atoms with Crippen LogP contribution in [0.25, 0.3) is 10.9 Å². The number of benzene rings is 1. The van der Waals surface area contributed by atoms with Crippen molar-refractivity contribution in [2.45, 2.75) is 94.7 Å². The van der Waals surface area contributed by atoms with Crippen molar-refractivity contribution in [3.05, 3.63) is 23.8 Å². The molecule has 2 fully saturated rings. The van der Waals surface area contributed by atoms with E-state index in [-0.39, 0.29) is 10.8 Å². The van der Waals surface area contributed by atoms with Crippen molar-refractivity contribution in [2.75, 3.05) is 38.5 Å². The number of aromatic nitrogens is 1. The molecule has 0 saturated carbocycles. The maximum Gasteiger partial charge on any atom is 0.246 e. The average molecular weight is 932 g/mol. The van der Waals surface area contributed by atoms with Crippen molar-refractivity contribution < 1.29 is 62.7 Å². The lowest BCUT2D eigenvalue weighted by Gasteiger charge is -2.31. The molecule has 2 unspecified atom stereocenters. The molecule has 65 heavy (non-hydrogen) atoms. The minimum atomic E-state index is -2.12. The van der Waals surface area contributed by atoms with Crippen LogP contribution in [0.5, 0.6) is 5.75 Å². The van der Waals surface area contributed by atoms with Gasteiger partial charge < -0.3 is 73.6 Å². The maximum absolute atomic E-state index is 14.2. The minimum Gasteiger partial charge on any atom is -0.508 e. The molecule has 1 aromatic heterocycles. The first kappa shape index (κ1) is 51.2. The molecule has 25 heteroatoms. The van der Waals surface area contributed by atoms with Gasteiger partial charge in [-0.05, 0) is 30.0 Å². The van der Waals surface area contributed by atoms with E-state index in [9.17, 15) is 62.7 Å². The maximum atomic E-state index is 14.2. The van der Waals surface area contributed by atoms with E-state index >= 15 is 0 Å². The van der Waals surface area contributed by atoms with E-state index in [0.717, 1.165) is 4.90 Å². The van der Waals surface area contributed by atoms with Gasteiger partial charge in [0, 0.05) is 36.0 Å². The number of fused-ring (bicyclic) bond motifs is 2. The van der Waals surface area contributed by atoms with E-state index in [2.05, 4.69) is 42.2 Å². The number of nitrogens with two attached hydrogens (primary N) is 1. The van der Waals surface area contributed by atoms with Crippen molar-refractivity contribution in [3.63, 3.8) is 0 Å². The standard InChI is InChI=1S/C40H57N11O13S/c1-5-18(3)33-37(61)45-14-31(57)46-27(17-65(64)39-22(6-2)23-8-7-20(53)9-25(23)48-39)35(59)47-26(11-29(42)55)40(63)51-15-21(54)10-28(51)36(60)50-34(19(4)24(41)16-52)38(62)44-12-30(56)43-13-32(58)49-33/h7-9,18-19,21,26-28,33-34,41,48,52-54H,5-6,10-17H2,1-4H3,(H2,42,55)(H,43,56)(H,44,62)(H,45,61)(H,46,57)(H,47,59)(H,49,58)(H,50,60)/t18-,19-,21-,26+,27-,28+,33+,34?,65?/m1/s1.